The predicted octanol–water partition coefficient (Wildman–Crippen LogP) is 5.62. The lowest BCUT2D eigenvalue weighted by Crippen LogP contribution is -2.32. The summed E-state index contributed by atoms with van der Waals surface area (Å²) in [6, 6.07) is 12.0. The summed E-state index contributed by atoms with van der Waals surface area (Å²) in [5.41, 5.74) is 1.54. The summed E-state index contributed by atoms with van der Waals surface area (Å²) in [7, 11) is 0. The summed E-state index contributed by atoms with van der Waals surface area (Å²) < 4.78 is 5.97. The van der Waals surface area contributed by atoms with Gasteiger partial charge in [-0.15, -0.1) is 0 Å². The molecule has 6 rings (SSSR count). The third-order valence-corrected chi connectivity index (χ3v) is 7.64. The Bertz CT molecular complexity index is 1510. The fourth-order valence-corrected chi connectivity index (χ4v) is 5.99. The molecule has 2 aromatic carbocycles. The maximum Gasteiger partial charge on any atom is 0.336 e. The molecule has 2 aliphatic carbocycles. The summed E-state index contributed by atoms with van der Waals surface area (Å²) >= 11 is 0. The van der Waals surface area contributed by atoms with Crippen LogP contribution in [0, 0.1) is 6.92 Å². The van der Waals surface area contributed by atoms with E-state index in [1.54, 1.807) is 0 Å². The van der Waals surface area contributed by atoms with Crippen molar-refractivity contribution in [2.24, 2.45) is 0 Å². The van der Waals surface area contributed by atoms with E-state index in [2.05, 4.69) is 4.90 Å². The van der Waals surface area contributed by atoms with Crippen molar-refractivity contribution in [3.05, 3.63) is 87.2 Å². The minimum Gasteiger partial charge on any atom is -0.478 e. The first-order valence-corrected chi connectivity index (χ1v) is 12.2. The number of furan rings is 1. The van der Waals surface area contributed by atoms with Crippen LogP contribution in [0.2, 0.25) is 0 Å². The number of carbonyl (C=O) groups excluding carboxylic acids is 2. The highest BCUT2D eigenvalue weighted by atomic mass is 16.4. The normalized spacial score (nSPS) is 20.0. The average Bonchev–Trinajstić information content (AvgIpc) is 3.52. The van der Waals surface area contributed by atoms with Gasteiger partial charge in [0, 0.05) is 34.8 Å². The van der Waals surface area contributed by atoms with E-state index in [1.165, 1.54) is 6.08 Å². The summed E-state index contributed by atoms with van der Waals surface area (Å²) in [5, 5.41) is 18.8. The van der Waals surface area contributed by atoms with Gasteiger partial charge in [-0.05, 0) is 67.3 Å². The number of rotatable bonds is 4. The topological polar surface area (TPSA) is 125 Å². The van der Waals surface area contributed by atoms with Crippen LogP contribution in [-0.4, -0.2) is 39.8 Å². The highest BCUT2D eigenvalue weighted by Crippen LogP contribution is 2.51. The largest absolute Gasteiger partial charge is 0.478 e. The molecule has 2 heterocycles. The number of anilines is 2. The smallest absolute Gasteiger partial charge is 0.336 e. The summed E-state index contributed by atoms with van der Waals surface area (Å²) in [5.74, 6) is -2.22. The second-order valence-electron chi connectivity index (χ2n) is 9.80. The molecule has 1 fully saturated rings. The van der Waals surface area contributed by atoms with Crippen molar-refractivity contribution in [2.75, 3.05) is 4.90 Å². The number of hydrogen-bond acceptors (Lipinski definition) is 6. The van der Waals surface area contributed by atoms with Gasteiger partial charge in [0.2, 0.25) is 0 Å². The van der Waals surface area contributed by atoms with Gasteiger partial charge in [-0.2, -0.15) is 0 Å². The third kappa shape index (κ3) is 3.51. The summed E-state index contributed by atoms with van der Waals surface area (Å²) in [4.78, 5) is 51.6. The SMILES string of the molecule is Cc1ccc(N2c3ccc(C=C4C(=O)c5cc(C(=O)O)c(C(=O)O)cc5C4=O)cc3C3CCCCC32)o1. The van der Waals surface area contributed by atoms with Crippen LogP contribution < -0.4 is 4.90 Å². The fraction of sp³-hybridized carbons (Fsp3) is 0.241. The van der Waals surface area contributed by atoms with Gasteiger partial charge < -0.3 is 19.5 Å². The van der Waals surface area contributed by atoms with Crippen LogP contribution in [0.25, 0.3) is 6.08 Å². The highest BCUT2D eigenvalue weighted by Gasteiger charge is 2.42. The van der Waals surface area contributed by atoms with E-state index in [-0.39, 0.29) is 22.7 Å². The number of nitrogens with zero attached hydrogens (tertiary/aromatic N) is 1. The molecule has 2 atom stereocenters. The zero-order chi connectivity index (χ0) is 26.0. The Morgan fingerprint density at radius 1 is 0.919 bits per heavy atom. The molecule has 0 saturated heterocycles. The number of Topliss-reactive ketones (excluding diaryl/α,β-unsaturated/α-hetero) is 2. The molecule has 0 spiro atoms. The summed E-state index contributed by atoms with van der Waals surface area (Å²) in [6.45, 7) is 1.92. The molecule has 3 aromatic rings. The van der Waals surface area contributed by atoms with Gasteiger partial charge in [-0.25, -0.2) is 9.59 Å². The van der Waals surface area contributed by atoms with E-state index in [4.69, 9.17) is 4.42 Å². The number of fused-ring (bicyclic) bond motifs is 4. The molecule has 1 aromatic heterocycles. The molecule has 0 bridgehead atoms. The van der Waals surface area contributed by atoms with Gasteiger partial charge in [0.15, 0.2) is 17.5 Å². The standard InChI is InChI=1S/C29H23NO7/c1-14-6-9-25(37-14)30-23-5-3-2-4-16(23)17-10-15(7-8-24(17)30)11-22-26(31)18-12-20(28(33)34)21(29(35)36)13-19(18)27(22)32/h6-13,16,23H,2-5H2,1H3,(H,33,34)(H,35,36). The molecule has 0 radical (unpaired) electrons. The van der Waals surface area contributed by atoms with Crippen LogP contribution in [-0.2, 0) is 0 Å². The van der Waals surface area contributed by atoms with Crippen molar-refractivity contribution < 1.29 is 33.8 Å². The number of carbonyl (C=O) groups is 4. The number of aryl methyl sites for hydroxylation is 1. The van der Waals surface area contributed by atoms with Crippen molar-refractivity contribution >= 4 is 41.2 Å². The maximum atomic E-state index is 13.1. The van der Waals surface area contributed by atoms with Gasteiger partial charge in [0.05, 0.1) is 16.7 Å². The average molecular weight is 498 g/mol. The maximum absolute atomic E-state index is 13.1. The van der Waals surface area contributed by atoms with Crippen molar-refractivity contribution in [1.82, 2.24) is 0 Å². The van der Waals surface area contributed by atoms with Gasteiger partial charge >= 0.3 is 11.9 Å². The van der Waals surface area contributed by atoms with E-state index in [0.717, 1.165) is 60.7 Å². The zero-order valence-corrected chi connectivity index (χ0v) is 20.0. The van der Waals surface area contributed by atoms with Crippen LogP contribution in [0.5, 0.6) is 0 Å². The van der Waals surface area contributed by atoms with Crippen LogP contribution in [0.1, 0.15) is 89.9 Å². The van der Waals surface area contributed by atoms with Crippen LogP contribution >= 0.6 is 0 Å². The zero-order valence-electron chi connectivity index (χ0n) is 20.0. The van der Waals surface area contributed by atoms with Gasteiger partial charge in [0.1, 0.15) is 5.76 Å². The number of aromatic carboxylic acids is 2. The Morgan fingerprint density at radius 3 is 2.16 bits per heavy atom. The van der Waals surface area contributed by atoms with E-state index in [0.29, 0.717) is 11.5 Å². The van der Waals surface area contributed by atoms with E-state index >= 15 is 0 Å². The molecule has 1 aliphatic heterocycles. The van der Waals surface area contributed by atoms with Crippen LogP contribution in [0.3, 0.4) is 0 Å². The molecule has 37 heavy (non-hydrogen) atoms. The van der Waals surface area contributed by atoms with E-state index < -0.39 is 34.6 Å². The molecule has 186 valence electrons. The van der Waals surface area contributed by atoms with E-state index in [9.17, 15) is 29.4 Å². The first-order chi connectivity index (χ1) is 17.7. The van der Waals surface area contributed by atoms with Crippen LogP contribution in [0.4, 0.5) is 11.6 Å². The van der Waals surface area contributed by atoms with Crippen molar-refractivity contribution in [2.45, 2.75) is 44.6 Å². The van der Waals surface area contributed by atoms with Crippen molar-refractivity contribution in [1.29, 1.82) is 0 Å². The predicted molar refractivity (Wildman–Crippen MR) is 134 cm³/mol. The minimum atomic E-state index is -1.48. The summed E-state index contributed by atoms with van der Waals surface area (Å²) in [6.07, 6.45) is 5.86. The quantitative estimate of drug-likeness (QED) is 0.351. The third-order valence-electron chi connectivity index (χ3n) is 7.64. The Morgan fingerprint density at radius 2 is 1.57 bits per heavy atom. The Hall–Kier alpha value is -4.46. The molecule has 3 aliphatic rings. The molecule has 1 saturated carbocycles. The Kier molecular flexibility index (Phi) is 5.15. The van der Waals surface area contributed by atoms with Crippen molar-refractivity contribution in [3.63, 3.8) is 0 Å². The lowest BCUT2D eigenvalue weighted by molar-refractivity contribution is 0.0651. The molecule has 0 amide bonds. The molecule has 2 unspecified atom stereocenters. The van der Waals surface area contributed by atoms with Crippen LogP contribution in [0.15, 0.2) is 52.5 Å². The second-order valence-corrected chi connectivity index (χ2v) is 9.80. The monoisotopic (exact) mass is 497 g/mol. The molecule has 8 nitrogen and oxygen atoms in total. The van der Waals surface area contributed by atoms with Gasteiger partial charge in [0.25, 0.3) is 0 Å². The molecular formula is C29H23NO7. The second kappa shape index (κ2) is 8.30. The van der Waals surface area contributed by atoms with Gasteiger partial charge in [-0.3, -0.25) is 9.59 Å². The number of benzene rings is 2. The molecular weight excluding hydrogens is 474 g/mol. The number of carboxylic acid groups (broad SMARTS) is 2. The minimum absolute atomic E-state index is 0.0912. The molecule has 2 N–H and O–H groups in total. The molecule has 8 heteroatoms. The number of hydrogen-bond donors (Lipinski definition) is 2. The number of allylic oxidation sites excluding steroid dienone is 1. The van der Waals surface area contributed by atoms with Crippen molar-refractivity contribution in [3.8, 4) is 0 Å². The lowest BCUT2D eigenvalue weighted by atomic mass is 9.82. The Balaban J connectivity index is 1.41. The Labute approximate surface area is 211 Å². The first kappa shape index (κ1) is 23.0. The fourth-order valence-electron chi connectivity index (χ4n) is 5.99. The number of carboxylic acids is 2. The first-order valence-electron chi connectivity index (χ1n) is 12.2. The number of ketones is 2. The highest BCUT2D eigenvalue weighted by molar-refractivity contribution is 6.41. The van der Waals surface area contributed by atoms with E-state index in [1.807, 2.05) is 37.3 Å². The lowest BCUT2D eigenvalue weighted by Gasteiger charge is -2.31. The van der Waals surface area contributed by atoms with Gasteiger partial charge in [-0.1, -0.05) is 18.9 Å².